The Bertz CT molecular complexity index is 1350. The molecule has 0 unspecified atom stereocenters. The summed E-state index contributed by atoms with van der Waals surface area (Å²) in [5.41, 5.74) is 4.17. The van der Waals surface area contributed by atoms with Crippen molar-refractivity contribution in [3.05, 3.63) is 77.5 Å². The van der Waals surface area contributed by atoms with E-state index in [-0.39, 0.29) is 34.1 Å². The van der Waals surface area contributed by atoms with Crippen LogP contribution in [0.5, 0.6) is 11.5 Å². The van der Waals surface area contributed by atoms with Crippen molar-refractivity contribution in [1.29, 1.82) is 0 Å². The predicted molar refractivity (Wildman–Crippen MR) is 134 cm³/mol. The zero-order valence-electron chi connectivity index (χ0n) is 19.9. The molecule has 0 aliphatic rings. The van der Waals surface area contributed by atoms with E-state index >= 15 is 0 Å². The third kappa shape index (κ3) is 4.76. The summed E-state index contributed by atoms with van der Waals surface area (Å²) in [6, 6.07) is 17.9. The Morgan fingerprint density at radius 3 is 2.20 bits per heavy atom. The number of aromatic hydroxyl groups is 2. The van der Waals surface area contributed by atoms with E-state index in [0.29, 0.717) is 11.1 Å². The number of aromatic carboxylic acids is 1. The number of phenols is 2. The van der Waals surface area contributed by atoms with Gasteiger partial charge in [0.1, 0.15) is 11.5 Å². The van der Waals surface area contributed by atoms with Crippen LogP contribution in [0.3, 0.4) is 0 Å². The summed E-state index contributed by atoms with van der Waals surface area (Å²) in [6.07, 6.45) is 0. The van der Waals surface area contributed by atoms with Crippen molar-refractivity contribution in [2.24, 2.45) is 0 Å². The summed E-state index contributed by atoms with van der Waals surface area (Å²) in [7, 11) is 0. The lowest BCUT2D eigenvalue weighted by Crippen LogP contribution is -2.21. The highest BCUT2D eigenvalue weighted by Crippen LogP contribution is 2.44. The van der Waals surface area contributed by atoms with Crippen molar-refractivity contribution in [2.75, 3.05) is 13.1 Å². The number of benzene rings is 3. The van der Waals surface area contributed by atoms with Gasteiger partial charge in [-0.25, -0.2) is 4.79 Å². The van der Waals surface area contributed by atoms with E-state index in [1.54, 1.807) is 6.07 Å². The van der Waals surface area contributed by atoms with Crippen molar-refractivity contribution in [1.82, 2.24) is 10.1 Å². The standard InChI is InChI=1S/C28H28N2O5/c1-4-30(5-2)16-18-10-12-19(13-11-18)25-26(28(33)34)29-35-27(25)22-14-21(23(31)15-24(22)32)20-9-7-6-8-17(20)3/h6-15,31-32H,4-5,16H2,1-3H3,(H,33,34). The smallest absolute Gasteiger partial charge is 0.358 e. The lowest BCUT2D eigenvalue weighted by molar-refractivity contribution is 0.0686. The van der Waals surface area contributed by atoms with E-state index in [2.05, 4.69) is 23.9 Å². The van der Waals surface area contributed by atoms with Gasteiger partial charge >= 0.3 is 5.97 Å². The van der Waals surface area contributed by atoms with Crippen molar-refractivity contribution in [3.8, 4) is 45.1 Å². The van der Waals surface area contributed by atoms with Gasteiger partial charge in [0, 0.05) is 18.2 Å². The molecule has 0 bridgehead atoms. The van der Waals surface area contributed by atoms with Crippen LogP contribution in [0.4, 0.5) is 0 Å². The molecule has 3 N–H and O–H groups in total. The summed E-state index contributed by atoms with van der Waals surface area (Å²) >= 11 is 0. The Balaban J connectivity index is 1.84. The first-order chi connectivity index (χ1) is 16.8. The molecule has 3 aromatic carbocycles. The number of carbonyl (C=O) groups is 1. The Hall–Kier alpha value is -4.10. The zero-order valence-corrected chi connectivity index (χ0v) is 19.9. The van der Waals surface area contributed by atoms with Crippen molar-refractivity contribution in [3.63, 3.8) is 0 Å². The average Bonchev–Trinajstić information content (AvgIpc) is 3.29. The van der Waals surface area contributed by atoms with Crippen LogP contribution in [0.1, 0.15) is 35.5 Å². The van der Waals surface area contributed by atoms with E-state index < -0.39 is 5.97 Å². The summed E-state index contributed by atoms with van der Waals surface area (Å²) in [4.78, 5) is 14.3. The second-order valence-electron chi connectivity index (χ2n) is 8.40. The molecule has 0 aliphatic carbocycles. The number of rotatable bonds is 8. The molecule has 4 rings (SSSR count). The van der Waals surface area contributed by atoms with Gasteiger partial charge in [0.15, 0.2) is 11.5 Å². The number of hydrogen-bond acceptors (Lipinski definition) is 6. The molecule has 0 atom stereocenters. The molecule has 7 heteroatoms. The summed E-state index contributed by atoms with van der Waals surface area (Å²) < 4.78 is 5.49. The van der Waals surface area contributed by atoms with E-state index in [4.69, 9.17) is 4.52 Å². The summed E-state index contributed by atoms with van der Waals surface area (Å²) in [6.45, 7) is 8.78. The third-order valence-corrected chi connectivity index (χ3v) is 6.23. The van der Waals surface area contributed by atoms with Crippen LogP contribution in [-0.4, -0.2) is 44.4 Å². The topological polar surface area (TPSA) is 107 Å². The van der Waals surface area contributed by atoms with Crippen molar-refractivity contribution >= 4 is 5.97 Å². The minimum atomic E-state index is -1.24. The number of carboxylic acids is 1. The molecule has 180 valence electrons. The first-order valence-corrected chi connectivity index (χ1v) is 11.5. The van der Waals surface area contributed by atoms with E-state index in [9.17, 15) is 20.1 Å². The van der Waals surface area contributed by atoms with Gasteiger partial charge in [-0.1, -0.05) is 67.5 Å². The Morgan fingerprint density at radius 2 is 1.57 bits per heavy atom. The lowest BCUT2D eigenvalue weighted by Gasteiger charge is -2.18. The quantitative estimate of drug-likeness (QED) is 0.291. The highest BCUT2D eigenvalue weighted by Gasteiger charge is 2.27. The molecule has 0 amide bonds. The van der Waals surface area contributed by atoms with Crippen molar-refractivity contribution in [2.45, 2.75) is 27.3 Å². The van der Waals surface area contributed by atoms with E-state index in [0.717, 1.165) is 36.3 Å². The fourth-order valence-corrected chi connectivity index (χ4v) is 4.22. The van der Waals surface area contributed by atoms with E-state index in [1.165, 1.54) is 6.07 Å². The number of nitrogens with zero attached hydrogens (tertiary/aromatic N) is 2. The fraction of sp³-hybridized carbons (Fsp3) is 0.214. The van der Waals surface area contributed by atoms with E-state index in [1.807, 2.05) is 55.5 Å². The highest BCUT2D eigenvalue weighted by molar-refractivity contribution is 5.99. The number of aromatic nitrogens is 1. The predicted octanol–water partition coefficient (Wildman–Crippen LogP) is 5.94. The molecule has 0 radical (unpaired) electrons. The zero-order chi connectivity index (χ0) is 25.1. The molecule has 1 aromatic heterocycles. The van der Waals surface area contributed by atoms with Crippen LogP contribution in [0.15, 0.2) is 65.2 Å². The van der Waals surface area contributed by atoms with Gasteiger partial charge in [-0.15, -0.1) is 0 Å². The molecule has 35 heavy (non-hydrogen) atoms. The molecule has 1 heterocycles. The number of hydrogen-bond donors (Lipinski definition) is 3. The second-order valence-corrected chi connectivity index (χ2v) is 8.40. The van der Waals surface area contributed by atoms with Crippen LogP contribution >= 0.6 is 0 Å². The number of carboxylic acid groups (broad SMARTS) is 1. The minimum absolute atomic E-state index is 0.0965. The molecule has 0 spiro atoms. The third-order valence-electron chi connectivity index (χ3n) is 6.23. The maximum atomic E-state index is 12.0. The second kappa shape index (κ2) is 10.0. The van der Waals surface area contributed by atoms with Crippen LogP contribution in [0.2, 0.25) is 0 Å². The first-order valence-electron chi connectivity index (χ1n) is 11.5. The maximum Gasteiger partial charge on any atom is 0.358 e. The molecule has 7 nitrogen and oxygen atoms in total. The number of phenolic OH excluding ortho intramolecular Hbond substituents is 2. The van der Waals surface area contributed by atoms with Crippen LogP contribution in [-0.2, 0) is 6.54 Å². The van der Waals surface area contributed by atoms with Gasteiger partial charge in [0.2, 0.25) is 0 Å². The van der Waals surface area contributed by atoms with Crippen LogP contribution in [0.25, 0.3) is 33.6 Å². The van der Waals surface area contributed by atoms with Gasteiger partial charge in [-0.3, -0.25) is 4.90 Å². The normalized spacial score (nSPS) is 11.2. The van der Waals surface area contributed by atoms with Gasteiger partial charge in [-0.05, 0) is 48.3 Å². The molecule has 4 aromatic rings. The molecule has 0 saturated heterocycles. The lowest BCUT2D eigenvalue weighted by atomic mass is 9.93. The van der Waals surface area contributed by atoms with Crippen LogP contribution < -0.4 is 0 Å². The largest absolute Gasteiger partial charge is 0.507 e. The minimum Gasteiger partial charge on any atom is -0.507 e. The number of aryl methyl sites for hydroxylation is 1. The molecular weight excluding hydrogens is 444 g/mol. The van der Waals surface area contributed by atoms with Crippen molar-refractivity contribution < 1.29 is 24.6 Å². The SMILES string of the molecule is CCN(CC)Cc1ccc(-c2c(C(=O)O)noc2-c2cc(-c3ccccc3C)c(O)cc2O)cc1. The molecule has 0 aliphatic heterocycles. The van der Waals surface area contributed by atoms with Gasteiger partial charge < -0.3 is 19.8 Å². The average molecular weight is 473 g/mol. The fourth-order valence-electron chi connectivity index (χ4n) is 4.22. The summed E-state index contributed by atoms with van der Waals surface area (Å²) in [5, 5.41) is 34.8. The summed E-state index contributed by atoms with van der Waals surface area (Å²) in [5.74, 6) is -1.46. The highest BCUT2D eigenvalue weighted by atomic mass is 16.5. The van der Waals surface area contributed by atoms with Gasteiger partial charge in [-0.2, -0.15) is 0 Å². The Morgan fingerprint density at radius 1 is 0.914 bits per heavy atom. The Labute approximate surface area is 203 Å². The van der Waals surface area contributed by atoms with Gasteiger partial charge in [0.25, 0.3) is 0 Å². The molecular formula is C28H28N2O5. The van der Waals surface area contributed by atoms with Crippen LogP contribution in [0, 0.1) is 6.92 Å². The molecule has 0 saturated carbocycles. The Kier molecular flexibility index (Phi) is 6.89. The maximum absolute atomic E-state index is 12.0. The van der Waals surface area contributed by atoms with Gasteiger partial charge in [0.05, 0.1) is 11.1 Å². The monoisotopic (exact) mass is 472 g/mol. The first kappa shape index (κ1) is 24.0. The molecule has 0 fully saturated rings.